The lowest BCUT2D eigenvalue weighted by atomic mass is 10.3. The number of carbonyl (C=O) groups excluding carboxylic acids is 1. The highest BCUT2D eigenvalue weighted by molar-refractivity contribution is 5.82. The molecule has 2 heterocycles. The highest BCUT2D eigenvalue weighted by Crippen LogP contribution is 2.14. The Morgan fingerprint density at radius 3 is 2.71 bits per heavy atom. The zero-order valence-corrected chi connectivity index (χ0v) is 10.7. The maximum Gasteiger partial charge on any atom is 0.239 e. The second-order valence-corrected chi connectivity index (χ2v) is 3.43. The van der Waals surface area contributed by atoms with Crippen molar-refractivity contribution in [2.24, 2.45) is 0 Å². The zero-order chi connectivity index (χ0) is 12.7. The Kier molecular flexibility index (Phi) is 5.26. The molecule has 94 valence electrons. The SMILES string of the molecule is CC.CNc1ccc(N2CCNC(=O)C2)nc1. The Bertz CT molecular complexity index is 350. The minimum atomic E-state index is 0.0562. The standard InChI is InChI=1S/C10H14N4O.C2H6/c1-11-8-2-3-9(13-6-8)14-5-4-12-10(15)7-14;1-2/h2-3,6,11H,4-5,7H2,1H3,(H,12,15);1-2H3. The van der Waals surface area contributed by atoms with Crippen molar-refractivity contribution in [2.45, 2.75) is 13.8 Å². The fraction of sp³-hybridized carbons (Fsp3) is 0.500. The van der Waals surface area contributed by atoms with Crippen LogP contribution in [0.4, 0.5) is 11.5 Å². The number of aromatic nitrogens is 1. The Hall–Kier alpha value is -1.78. The number of rotatable bonds is 2. The fourth-order valence-corrected chi connectivity index (χ4v) is 1.56. The Balaban J connectivity index is 0.000000686. The third-order valence-corrected chi connectivity index (χ3v) is 2.40. The zero-order valence-electron chi connectivity index (χ0n) is 10.7. The van der Waals surface area contributed by atoms with Crippen molar-refractivity contribution < 1.29 is 4.79 Å². The molecule has 1 aromatic heterocycles. The molecular weight excluding hydrogens is 216 g/mol. The van der Waals surface area contributed by atoms with Gasteiger partial charge >= 0.3 is 0 Å². The Morgan fingerprint density at radius 1 is 1.41 bits per heavy atom. The van der Waals surface area contributed by atoms with Gasteiger partial charge in [0.05, 0.1) is 18.4 Å². The third kappa shape index (κ3) is 3.62. The molecule has 0 unspecified atom stereocenters. The summed E-state index contributed by atoms with van der Waals surface area (Å²) in [5.74, 6) is 0.907. The molecule has 1 saturated heterocycles. The number of nitrogens with zero attached hydrogens (tertiary/aromatic N) is 2. The molecule has 0 aliphatic carbocycles. The van der Waals surface area contributed by atoms with Crippen LogP contribution in [-0.4, -0.2) is 37.6 Å². The topological polar surface area (TPSA) is 57.3 Å². The van der Waals surface area contributed by atoms with Gasteiger partial charge in [-0.3, -0.25) is 4.79 Å². The molecule has 2 rings (SSSR count). The Labute approximate surface area is 102 Å². The van der Waals surface area contributed by atoms with E-state index >= 15 is 0 Å². The first-order chi connectivity index (χ1) is 8.29. The van der Waals surface area contributed by atoms with Crippen molar-refractivity contribution in [3.8, 4) is 0 Å². The second-order valence-electron chi connectivity index (χ2n) is 3.43. The van der Waals surface area contributed by atoms with E-state index < -0.39 is 0 Å². The first kappa shape index (κ1) is 13.3. The maximum atomic E-state index is 11.2. The van der Waals surface area contributed by atoms with E-state index in [-0.39, 0.29) is 5.91 Å². The van der Waals surface area contributed by atoms with E-state index in [1.54, 1.807) is 6.20 Å². The van der Waals surface area contributed by atoms with Gasteiger partial charge in [-0.05, 0) is 12.1 Å². The van der Waals surface area contributed by atoms with Gasteiger partial charge in [-0.2, -0.15) is 0 Å². The van der Waals surface area contributed by atoms with Crippen LogP contribution in [0.15, 0.2) is 18.3 Å². The molecule has 0 spiro atoms. The van der Waals surface area contributed by atoms with Crippen LogP contribution in [-0.2, 0) is 4.79 Å². The largest absolute Gasteiger partial charge is 0.387 e. The van der Waals surface area contributed by atoms with Gasteiger partial charge in [0.15, 0.2) is 0 Å². The minimum absolute atomic E-state index is 0.0562. The average molecular weight is 236 g/mol. The second kappa shape index (κ2) is 6.73. The van der Waals surface area contributed by atoms with Gasteiger partial charge in [0.25, 0.3) is 0 Å². The van der Waals surface area contributed by atoms with Crippen LogP contribution >= 0.6 is 0 Å². The molecule has 2 N–H and O–H groups in total. The molecule has 1 aromatic rings. The molecule has 0 atom stereocenters. The quantitative estimate of drug-likeness (QED) is 0.807. The summed E-state index contributed by atoms with van der Waals surface area (Å²) in [6, 6.07) is 3.87. The van der Waals surface area contributed by atoms with E-state index in [1.165, 1.54) is 0 Å². The number of amides is 1. The number of carbonyl (C=O) groups is 1. The molecule has 1 aliphatic rings. The van der Waals surface area contributed by atoms with Crippen LogP contribution in [0.5, 0.6) is 0 Å². The van der Waals surface area contributed by atoms with E-state index in [4.69, 9.17) is 0 Å². The fourth-order valence-electron chi connectivity index (χ4n) is 1.56. The molecule has 5 nitrogen and oxygen atoms in total. The summed E-state index contributed by atoms with van der Waals surface area (Å²) in [5.41, 5.74) is 0.972. The van der Waals surface area contributed by atoms with Crippen molar-refractivity contribution in [2.75, 3.05) is 36.9 Å². The van der Waals surface area contributed by atoms with E-state index in [9.17, 15) is 4.79 Å². The van der Waals surface area contributed by atoms with Gasteiger partial charge in [0.2, 0.25) is 5.91 Å². The maximum absolute atomic E-state index is 11.2. The summed E-state index contributed by atoms with van der Waals surface area (Å²) in [5, 5.41) is 5.79. The molecule has 0 bridgehead atoms. The molecule has 1 amide bonds. The molecule has 1 fully saturated rings. The predicted octanol–water partition coefficient (Wildman–Crippen LogP) is 1.09. The van der Waals surface area contributed by atoms with E-state index in [2.05, 4.69) is 15.6 Å². The lowest BCUT2D eigenvalue weighted by Crippen LogP contribution is -2.48. The van der Waals surface area contributed by atoms with Gasteiger partial charge in [0, 0.05) is 20.1 Å². The van der Waals surface area contributed by atoms with Crippen LogP contribution in [0, 0.1) is 0 Å². The molecular formula is C12H20N4O. The lowest BCUT2D eigenvalue weighted by Gasteiger charge is -2.27. The van der Waals surface area contributed by atoms with Gasteiger partial charge in [0.1, 0.15) is 5.82 Å². The van der Waals surface area contributed by atoms with Crippen LogP contribution < -0.4 is 15.5 Å². The third-order valence-electron chi connectivity index (χ3n) is 2.40. The molecule has 1 aliphatic heterocycles. The lowest BCUT2D eigenvalue weighted by molar-refractivity contribution is -0.120. The number of anilines is 2. The van der Waals surface area contributed by atoms with Crippen LogP contribution in [0.1, 0.15) is 13.8 Å². The van der Waals surface area contributed by atoms with Gasteiger partial charge < -0.3 is 15.5 Å². The van der Waals surface area contributed by atoms with Gasteiger partial charge in [-0.25, -0.2) is 4.98 Å². The normalized spacial score (nSPS) is 14.5. The number of hydrogen-bond donors (Lipinski definition) is 2. The first-order valence-electron chi connectivity index (χ1n) is 5.95. The van der Waals surface area contributed by atoms with E-state index in [1.807, 2.05) is 37.9 Å². The average Bonchev–Trinajstić information content (AvgIpc) is 2.41. The summed E-state index contributed by atoms with van der Waals surface area (Å²) in [7, 11) is 1.85. The Morgan fingerprint density at radius 2 is 2.18 bits per heavy atom. The summed E-state index contributed by atoms with van der Waals surface area (Å²) in [6.07, 6.45) is 1.77. The number of hydrogen-bond acceptors (Lipinski definition) is 4. The molecule has 0 aromatic carbocycles. The number of pyridine rings is 1. The van der Waals surface area contributed by atoms with Crippen molar-refractivity contribution in [1.29, 1.82) is 0 Å². The highest BCUT2D eigenvalue weighted by atomic mass is 16.2. The van der Waals surface area contributed by atoms with Gasteiger partial charge in [-0.15, -0.1) is 0 Å². The highest BCUT2D eigenvalue weighted by Gasteiger charge is 2.16. The van der Waals surface area contributed by atoms with Crippen molar-refractivity contribution in [3.63, 3.8) is 0 Å². The van der Waals surface area contributed by atoms with E-state index in [0.717, 1.165) is 18.1 Å². The summed E-state index contributed by atoms with van der Waals surface area (Å²) in [6.45, 7) is 5.90. The minimum Gasteiger partial charge on any atom is -0.387 e. The van der Waals surface area contributed by atoms with Crippen LogP contribution in [0.3, 0.4) is 0 Å². The molecule has 0 saturated carbocycles. The number of nitrogens with one attached hydrogen (secondary N) is 2. The van der Waals surface area contributed by atoms with Gasteiger partial charge in [-0.1, -0.05) is 13.8 Å². The van der Waals surface area contributed by atoms with Crippen LogP contribution in [0.25, 0.3) is 0 Å². The predicted molar refractivity (Wildman–Crippen MR) is 70.4 cm³/mol. The molecule has 0 radical (unpaired) electrons. The van der Waals surface area contributed by atoms with Crippen molar-refractivity contribution >= 4 is 17.4 Å². The number of piperazine rings is 1. The molecule has 5 heteroatoms. The van der Waals surface area contributed by atoms with Crippen molar-refractivity contribution in [1.82, 2.24) is 10.3 Å². The van der Waals surface area contributed by atoms with E-state index in [0.29, 0.717) is 13.1 Å². The van der Waals surface area contributed by atoms with Crippen LogP contribution in [0.2, 0.25) is 0 Å². The first-order valence-corrected chi connectivity index (χ1v) is 5.95. The molecule has 17 heavy (non-hydrogen) atoms. The summed E-state index contributed by atoms with van der Waals surface area (Å²) in [4.78, 5) is 17.4. The summed E-state index contributed by atoms with van der Waals surface area (Å²) < 4.78 is 0. The van der Waals surface area contributed by atoms with Crippen molar-refractivity contribution in [3.05, 3.63) is 18.3 Å². The summed E-state index contributed by atoms with van der Waals surface area (Å²) >= 11 is 0. The monoisotopic (exact) mass is 236 g/mol. The smallest absolute Gasteiger partial charge is 0.239 e.